The van der Waals surface area contributed by atoms with E-state index in [4.69, 9.17) is 18.3 Å². The first-order valence-electron chi connectivity index (χ1n) is 6.77. The second-order valence-corrected chi connectivity index (χ2v) is 7.92. The van der Waals surface area contributed by atoms with Gasteiger partial charge in [-0.15, -0.1) is 0 Å². The topological polar surface area (TPSA) is 71.1 Å². The fraction of sp³-hybridized carbons (Fsp3) is 0.571. The molecule has 0 aliphatic rings. The largest absolute Gasteiger partial charge is 0.462 e. The van der Waals surface area contributed by atoms with Crippen LogP contribution in [0.3, 0.4) is 0 Å². The summed E-state index contributed by atoms with van der Waals surface area (Å²) in [5.74, 6) is -0.867. The molecule has 0 saturated heterocycles. The van der Waals surface area contributed by atoms with Crippen LogP contribution in [0.25, 0.3) is 0 Å². The lowest BCUT2D eigenvalue weighted by Gasteiger charge is -2.22. The molecule has 0 spiro atoms. The summed E-state index contributed by atoms with van der Waals surface area (Å²) in [6, 6.07) is 0. The van der Waals surface area contributed by atoms with Gasteiger partial charge in [0.1, 0.15) is 0 Å². The van der Waals surface area contributed by atoms with Crippen molar-refractivity contribution in [1.82, 2.24) is 0 Å². The Morgan fingerprint density at radius 2 is 1.24 bits per heavy atom. The Bertz CT molecular complexity index is 321. The fourth-order valence-electron chi connectivity index (χ4n) is 1.26. The number of carbonyl (C=O) groups is 2. The van der Waals surface area contributed by atoms with Gasteiger partial charge in [0.05, 0.1) is 13.2 Å². The minimum atomic E-state index is -2.20. The van der Waals surface area contributed by atoms with Gasteiger partial charge in [-0.3, -0.25) is 0 Å². The van der Waals surface area contributed by atoms with E-state index < -0.39 is 20.5 Å². The summed E-state index contributed by atoms with van der Waals surface area (Å²) in [7, 11) is -2.20. The molecule has 0 bridgehead atoms. The zero-order chi connectivity index (χ0) is 16.1. The van der Waals surface area contributed by atoms with Crippen LogP contribution in [0.2, 0.25) is 13.1 Å². The van der Waals surface area contributed by atoms with Crippen molar-refractivity contribution >= 4 is 20.5 Å². The average molecular weight is 316 g/mol. The molecular formula is C14H24O6Si. The van der Waals surface area contributed by atoms with Crippen molar-refractivity contribution in [1.29, 1.82) is 0 Å². The Morgan fingerprint density at radius 3 is 1.57 bits per heavy atom. The molecule has 0 aromatic rings. The van der Waals surface area contributed by atoms with Gasteiger partial charge in [-0.05, 0) is 13.1 Å². The summed E-state index contributed by atoms with van der Waals surface area (Å²) >= 11 is 0. The Labute approximate surface area is 127 Å². The Balaban J connectivity index is 3.59. The number of esters is 2. The van der Waals surface area contributed by atoms with Gasteiger partial charge < -0.3 is 18.3 Å². The molecule has 0 aromatic carbocycles. The molecule has 21 heavy (non-hydrogen) atoms. The molecule has 0 aliphatic carbocycles. The van der Waals surface area contributed by atoms with Gasteiger partial charge in [0, 0.05) is 38.2 Å². The minimum absolute atomic E-state index is 0.298. The highest BCUT2D eigenvalue weighted by Crippen LogP contribution is 2.07. The third kappa shape index (κ3) is 12.0. The quantitative estimate of drug-likeness (QED) is 0.237. The van der Waals surface area contributed by atoms with E-state index in [1.54, 1.807) is 0 Å². The molecule has 0 rings (SSSR count). The van der Waals surface area contributed by atoms with Crippen LogP contribution in [-0.2, 0) is 27.9 Å². The fourth-order valence-corrected chi connectivity index (χ4v) is 2.61. The first-order chi connectivity index (χ1) is 9.91. The monoisotopic (exact) mass is 316 g/mol. The van der Waals surface area contributed by atoms with Crippen molar-refractivity contribution in [2.24, 2.45) is 0 Å². The number of carbonyl (C=O) groups excluding carboxylic acids is 2. The van der Waals surface area contributed by atoms with E-state index in [1.807, 2.05) is 13.1 Å². The summed E-state index contributed by atoms with van der Waals surface area (Å²) < 4.78 is 21.0. The lowest BCUT2D eigenvalue weighted by atomic mass is 10.5. The summed E-state index contributed by atoms with van der Waals surface area (Å²) in [5.41, 5.74) is 0. The van der Waals surface area contributed by atoms with E-state index in [-0.39, 0.29) is 0 Å². The number of hydrogen-bond donors (Lipinski definition) is 0. The first kappa shape index (κ1) is 19.6. The Kier molecular flexibility index (Phi) is 10.5. The maximum absolute atomic E-state index is 10.8. The maximum atomic E-state index is 10.8. The third-order valence-electron chi connectivity index (χ3n) is 2.30. The van der Waals surface area contributed by atoms with Gasteiger partial charge in [-0.25, -0.2) is 9.59 Å². The van der Waals surface area contributed by atoms with Crippen molar-refractivity contribution < 1.29 is 27.9 Å². The minimum Gasteiger partial charge on any atom is -0.462 e. The maximum Gasteiger partial charge on any atom is 0.331 e. The van der Waals surface area contributed by atoms with Crippen molar-refractivity contribution in [2.75, 3.05) is 26.4 Å². The van der Waals surface area contributed by atoms with Gasteiger partial charge in [0.25, 0.3) is 0 Å². The summed E-state index contributed by atoms with van der Waals surface area (Å²) in [4.78, 5) is 21.6. The molecule has 0 radical (unpaired) electrons. The van der Waals surface area contributed by atoms with Crippen molar-refractivity contribution in [2.45, 2.75) is 25.9 Å². The van der Waals surface area contributed by atoms with Crippen LogP contribution in [0.4, 0.5) is 0 Å². The SMILES string of the molecule is C=CC(=O)OCCCO[Si](C)(C)OCCCOC(=O)C=C. The zero-order valence-electron chi connectivity index (χ0n) is 12.8. The predicted molar refractivity (Wildman–Crippen MR) is 80.9 cm³/mol. The molecule has 0 saturated carbocycles. The lowest BCUT2D eigenvalue weighted by molar-refractivity contribution is -0.138. The molecule has 7 heteroatoms. The third-order valence-corrected chi connectivity index (χ3v) is 4.10. The smallest absolute Gasteiger partial charge is 0.331 e. The van der Waals surface area contributed by atoms with Gasteiger partial charge in [-0.1, -0.05) is 13.2 Å². The highest BCUT2D eigenvalue weighted by Gasteiger charge is 2.23. The van der Waals surface area contributed by atoms with Gasteiger partial charge in [-0.2, -0.15) is 0 Å². The molecule has 0 atom stereocenters. The summed E-state index contributed by atoms with van der Waals surface area (Å²) in [6.07, 6.45) is 3.47. The van der Waals surface area contributed by atoms with E-state index >= 15 is 0 Å². The first-order valence-corrected chi connectivity index (χ1v) is 9.59. The summed E-state index contributed by atoms with van der Waals surface area (Å²) in [6.45, 7) is 12.0. The van der Waals surface area contributed by atoms with Crippen LogP contribution in [0, 0.1) is 0 Å². The second-order valence-electron chi connectivity index (χ2n) is 4.55. The van der Waals surface area contributed by atoms with Crippen LogP contribution in [0.5, 0.6) is 0 Å². The normalized spacial score (nSPS) is 10.8. The van der Waals surface area contributed by atoms with Crippen LogP contribution in [0.1, 0.15) is 12.8 Å². The molecule has 0 aliphatic heterocycles. The van der Waals surface area contributed by atoms with Crippen LogP contribution in [-0.4, -0.2) is 46.9 Å². The Hall–Kier alpha value is -1.44. The number of hydrogen-bond acceptors (Lipinski definition) is 6. The molecule has 6 nitrogen and oxygen atoms in total. The van der Waals surface area contributed by atoms with Gasteiger partial charge >= 0.3 is 20.5 Å². The number of rotatable bonds is 12. The second kappa shape index (κ2) is 11.2. The molecule has 0 unspecified atom stereocenters. The highest BCUT2D eigenvalue weighted by molar-refractivity contribution is 6.64. The van der Waals surface area contributed by atoms with Crippen molar-refractivity contribution in [3.63, 3.8) is 0 Å². The van der Waals surface area contributed by atoms with Crippen LogP contribution in [0.15, 0.2) is 25.3 Å². The Morgan fingerprint density at radius 1 is 0.857 bits per heavy atom. The molecular weight excluding hydrogens is 292 g/mol. The van der Waals surface area contributed by atoms with Crippen molar-refractivity contribution in [3.05, 3.63) is 25.3 Å². The standard InChI is InChI=1S/C14H24O6Si/c1-5-13(15)17-9-7-11-19-21(3,4)20-12-8-10-18-14(16)6-2/h5-6H,1-2,7-12H2,3-4H3. The van der Waals surface area contributed by atoms with E-state index in [2.05, 4.69) is 13.2 Å². The van der Waals surface area contributed by atoms with E-state index in [0.29, 0.717) is 39.3 Å². The lowest BCUT2D eigenvalue weighted by Crippen LogP contribution is -2.36. The summed E-state index contributed by atoms with van der Waals surface area (Å²) in [5, 5.41) is 0. The van der Waals surface area contributed by atoms with E-state index in [9.17, 15) is 9.59 Å². The average Bonchev–Trinajstić information content (AvgIpc) is 2.45. The predicted octanol–water partition coefficient (Wildman–Crippen LogP) is 1.96. The van der Waals surface area contributed by atoms with E-state index in [1.165, 1.54) is 0 Å². The molecule has 120 valence electrons. The van der Waals surface area contributed by atoms with Gasteiger partial charge in [0.2, 0.25) is 0 Å². The molecule has 0 N–H and O–H groups in total. The zero-order valence-corrected chi connectivity index (χ0v) is 13.8. The van der Waals surface area contributed by atoms with Crippen molar-refractivity contribution in [3.8, 4) is 0 Å². The molecule has 0 aromatic heterocycles. The van der Waals surface area contributed by atoms with E-state index in [0.717, 1.165) is 12.2 Å². The number of ether oxygens (including phenoxy) is 2. The van der Waals surface area contributed by atoms with Crippen LogP contribution < -0.4 is 0 Å². The molecule has 0 heterocycles. The highest BCUT2D eigenvalue weighted by atomic mass is 28.4. The van der Waals surface area contributed by atoms with Gasteiger partial charge in [0.15, 0.2) is 0 Å². The molecule has 0 fully saturated rings. The van der Waals surface area contributed by atoms with Crippen LogP contribution >= 0.6 is 0 Å². The molecule has 0 amide bonds.